The lowest BCUT2D eigenvalue weighted by molar-refractivity contribution is 0.215. The lowest BCUT2D eigenvalue weighted by Gasteiger charge is -2.30. The molecule has 0 aromatic heterocycles. The maximum absolute atomic E-state index is 13.2. The van der Waals surface area contributed by atoms with E-state index in [4.69, 9.17) is 0 Å². The van der Waals surface area contributed by atoms with E-state index in [0.29, 0.717) is 5.69 Å². The third-order valence-electron chi connectivity index (χ3n) is 3.43. The summed E-state index contributed by atoms with van der Waals surface area (Å²) in [6.07, 6.45) is 1.63. The lowest BCUT2D eigenvalue weighted by atomic mass is 9.93. The van der Waals surface area contributed by atoms with Crippen LogP contribution in [-0.2, 0) is 6.42 Å². The molecular formula is C17H20FNO. The Bertz CT molecular complexity index is 544. The molecule has 0 saturated heterocycles. The van der Waals surface area contributed by atoms with Crippen molar-refractivity contribution >= 4 is 5.69 Å². The van der Waals surface area contributed by atoms with Crippen molar-refractivity contribution in [3.05, 3.63) is 66.0 Å². The number of aliphatic hydroxyl groups excluding tert-OH is 1. The number of nitrogens with one attached hydrogen (secondary N) is 1. The van der Waals surface area contributed by atoms with Crippen molar-refractivity contribution in [1.29, 1.82) is 0 Å². The zero-order valence-electron chi connectivity index (χ0n) is 11.6. The number of halogens is 1. The topological polar surface area (TPSA) is 32.3 Å². The highest BCUT2D eigenvalue weighted by molar-refractivity contribution is 5.45. The molecule has 2 aromatic carbocycles. The largest absolute Gasteiger partial charge is 0.394 e. The van der Waals surface area contributed by atoms with E-state index in [1.165, 1.54) is 17.7 Å². The van der Waals surface area contributed by atoms with E-state index >= 15 is 0 Å². The minimum Gasteiger partial charge on any atom is -0.394 e. The first-order chi connectivity index (χ1) is 9.61. The highest BCUT2D eigenvalue weighted by atomic mass is 19.1. The number of hydrogen-bond acceptors (Lipinski definition) is 2. The molecule has 0 aliphatic heterocycles. The van der Waals surface area contributed by atoms with Gasteiger partial charge in [-0.1, -0.05) is 36.4 Å². The molecule has 2 aromatic rings. The van der Waals surface area contributed by atoms with Gasteiger partial charge < -0.3 is 10.4 Å². The number of hydrogen-bond donors (Lipinski definition) is 2. The predicted octanol–water partition coefficient (Wildman–Crippen LogP) is 3.62. The fraction of sp³-hybridized carbons (Fsp3) is 0.294. The molecular weight excluding hydrogens is 253 g/mol. The van der Waals surface area contributed by atoms with Crippen molar-refractivity contribution < 1.29 is 9.50 Å². The van der Waals surface area contributed by atoms with Crippen molar-refractivity contribution in [1.82, 2.24) is 0 Å². The summed E-state index contributed by atoms with van der Waals surface area (Å²) in [4.78, 5) is 0. The van der Waals surface area contributed by atoms with Gasteiger partial charge in [0.15, 0.2) is 0 Å². The Kier molecular flexibility index (Phi) is 4.74. The van der Waals surface area contributed by atoms with E-state index in [1.54, 1.807) is 12.1 Å². The van der Waals surface area contributed by atoms with E-state index < -0.39 is 5.54 Å². The van der Waals surface area contributed by atoms with E-state index in [2.05, 4.69) is 17.4 Å². The lowest BCUT2D eigenvalue weighted by Crippen LogP contribution is -2.39. The van der Waals surface area contributed by atoms with Gasteiger partial charge in [0.2, 0.25) is 0 Å². The summed E-state index contributed by atoms with van der Waals surface area (Å²) in [7, 11) is 0. The third-order valence-corrected chi connectivity index (χ3v) is 3.43. The van der Waals surface area contributed by atoms with Gasteiger partial charge in [0.25, 0.3) is 0 Å². The smallest absolute Gasteiger partial charge is 0.125 e. The fourth-order valence-corrected chi connectivity index (χ4v) is 2.16. The molecule has 0 amide bonds. The van der Waals surface area contributed by atoms with Crippen LogP contribution in [0.5, 0.6) is 0 Å². The van der Waals surface area contributed by atoms with Crippen molar-refractivity contribution in [2.45, 2.75) is 25.3 Å². The number of aryl methyl sites for hydroxylation is 1. The zero-order valence-corrected chi connectivity index (χ0v) is 11.6. The molecule has 2 rings (SSSR count). The van der Waals surface area contributed by atoms with Gasteiger partial charge in [-0.3, -0.25) is 0 Å². The molecule has 106 valence electrons. The summed E-state index contributed by atoms with van der Waals surface area (Å²) < 4.78 is 13.2. The van der Waals surface area contributed by atoms with Crippen LogP contribution < -0.4 is 5.32 Å². The maximum atomic E-state index is 13.2. The summed E-state index contributed by atoms with van der Waals surface area (Å²) in [6.45, 7) is 1.94. The average Bonchev–Trinajstić information content (AvgIpc) is 2.46. The highest BCUT2D eigenvalue weighted by Gasteiger charge is 2.22. The minimum absolute atomic E-state index is 0.00362. The van der Waals surface area contributed by atoms with Crippen LogP contribution in [0.3, 0.4) is 0 Å². The number of benzene rings is 2. The van der Waals surface area contributed by atoms with Gasteiger partial charge in [0.05, 0.1) is 12.1 Å². The monoisotopic (exact) mass is 273 g/mol. The molecule has 2 N–H and O–H groups in total. The molecule has 0 heterocycles. The van der Waals surface area contributed by atoms with Gasteiger partial charge in [-0.25, -0.2) is 4.39 Å². The van der Waals surface area contributed by atoms with Crippen LogP contribution in [0.4, 0.5) is 10.1 Å². The Morgan fingerprint density at radius 2 is 1.85 bits per heavy atom. The van der Waals surface area contributed by atoms with E-state index in [1.807, 2.05) is 25.1 Å². The second kappa shape index (κ2) is 6.53. The quantitative estimate of drug-likeness (QED) is 0.842. The van der Waals surface area contributed by atoms with Crippen LogP contribution in [0, 0.1) is 5.82 Å². The molecule has 2 nitrogen and oxygen atoms in total. The Hall–Kier alpha value is -1.87. The second-order valence-corrected chi connectivity index (χ2v) is 5.34. The van der Waals surface area contributed by atoms with Crippen molar-refractivity contribution in [2.75, 3.05) is 11.9 Å². The van der Waals surface area contributed by atoms with Gasteiger partial charge in [0, 0.05) is 5.69 Å². The van der Waals surface area contributed by atoms with E-state index in [-0.39, 0.29) is 12.4 Å². The fourth-order valence-electron chi connectivity index (χ4n) is 2.16. The predicted molar refractivity (Wildman–Crippen MR) is 80.3 cm³/mol. The normalized spacial score (nSPS) is 13.8. The standard InChI is InChI=1S/C17H20FNO/c1-17(13-20,11-10-14-6-3-2-4-7-14)19-16-9-5-8-15(18)12-16/h2-9,12,19-20H,10-11,13H2,1H3. The van der Waals surface area contributed by atoms with Crippen LogP contribution >= 0.6 is 0 Å². The van der Waals surface area contributed by atoms with Crippen LogP contribution in [0.2, 0.25) is 0 Å². The second-order valence-electron chi connectivity index (χ2n) is 5.34. The summed E-state index contributed by atoms with van der Waals surface area (Å²) in [6, 6.07) is 16.4. The molecule has 20 heavy (non-hydrogen) atoms. The third kappa shape index (κ3) is 4.07. The first-order valence-electron chi connectivity index (χ1n) is 6.80. The Balaban J connectivity index is 2.01. The summed E-state index contributed by atoms with van der Waals surface area (Å²) in [5.74, 6) is -0.279. The van der Waals surface area contributed by atoms with E-state index in [9.17, 15) is 9.50 Å². The molecule has 0 aliphatic rings. The molecule has 0 radical (unpaired) electrons. The molecule has 0 fully saturated rings. The molecule has 0 spiro atoms. The van der Waals surface area contributed by atoms with Crippen LogP contribution in [-0.4, -0.2) is 17.3 Å². The first-order valence-corrected chi connectivity index (χ1v) is 6.80. The van der Waals surface area contributed by atoms with Gasteiger partial charge in [-0.15, -0.1) is 0 Å². The van der Waals surface area contributed by atoms with Crippen molar-refractivity contribution in [3.63, 3.8) is 0 Å². The van der Waals surface area contributed by atoms with Gasteiger partial charge in [-0.2, -0.15) is 0 Å². The van der Waals surface area contributed by atoms with Crippen molar-refractivity contribution in [2.24, 2.45) is 0 Å². The zero-order chi connectivity index (χ0) is 14.4. The van der Waals surface area contributed by atoms with E-state index in [0.717, 1.165) is 12.8 Å². The Labute approximate surface area is 119 Å². The van der Waals surface area contributed by atoms with Crippen molar-refractivity contribution in [3.8, 4) is 0 Å². The first kappa shape index (κ1) is 14.5. The highest BCUT2D eigenvalue weighted by Crippen LogP contribution is 2.21. The molecule has 0 aliphatic carbocycles. The van der Waals surface area contributed by atoms with Crippen LogP contribution in [0.15, 0.2) is 54.6 Å². The summed E-state index contributed by atoms with van der Waals surface area (Å²) in [5.41, 5.74) is 1.45. The van der Waals surface area contributed by atoms with Gasteiger partial charge in [0.1, 0.15) is 5.82 Å². The maximum Gasteiger partial charge on any atom is 0.125 e. The molecule has 0 bridgehead atoms. The SMILES string of the molecule is CC(CO)(CCc1ccccc1)Nc1cccc(F)c1. The number of aliphatic hydroxyl groups is 1. The Morgan fingerprint density at radius 1 is 1.10 bits per heavy atom. The number of anilines is 1. The van der Waals surface area contributed by atoms with Crippen LogP contribution in [0.25, 0.3) is 0 Å². The molecule has 0 saturated carbocycles. The Morgan fingerprint density at radius 3 is 2.50 bits per heavy atom. The summed E-state index contributed by atoms with van der Waals surface area (Å²) in [5, 5.41) is 12.9. The summed E-state index contributed by atoms with van der Waals surface area (Å²) >= 11 is 0. The van der Waals surface area contributed by atoms with Gasteiger partial charge in [-0.05, 0) is 43.5 Å². The van der Waals surface area contributed by atoms with Crippen LogP contribution in [0.1, 0.15) is 18.9 Å². The average molecular weight is 273 g/mol. The minimum atomic E-state index is -0.469. The van der Waals surface area contributed by atoms with Gasteiger partial charge >= 0.3 is 0 Å². The molecule has 1 unspecified atom stereocenters. The number of rotatable bonds is 6. The molecule has 1 atom stereocenters. The molecule has 3 heteroatoms.